The lowest BCUT2D eigenvalue weighted by atomic mass is 9.72. The highest BCUT2D eigenvalue weighted by Gasteiger charge is 2.42. The summed E-state index contributed by atoms with van der Waals surface area (Å²) >= 11 is 0. The lowest BCUT2D eigenvalue weighted by molar-refractivity contribution is -0.150. The molecule has 2 fully saturated rings. The topological polar surface area (TPSA) is 112 Å². The molecule has 1 amide bonds. The molecule has 0 atom stereocenters. The molecule has 2 aliphatic heterocycles. The highest BCUT2D eigenvalue weighted by Crippen LogP contribution is 2.39. The Morgan fingerprint density at radius 2 is 1.31 bits per heavy atom. The molecular weight excluding hydrogens is 526 g/mol. The van der Waals surface area contributed by atoms with E-state index in [1.807, 2.05) is 73.3 Å². The third-order valence-electron chi connectivity index (χ3n) is 8.91. The quantitative estimate of drug-likeness (QED) is 0.455. The number of amides is 1. The fourth-order valence-electron chi connectivity index (χ4n) is 6.33. The molecule has 2 aliphatic rings. The van der Waals surface area contributed by atoms with E-state index in [1.54, 1.807) is 6.07 Å². The van der Waals surface area contributed by atoms with Gasteiger partial charge in [0.1, 0.15) is 12.1 Å². The third-order valence-corrected chi connectivity index (χ3v) is 8.91. The highest BCUT2D eigenvalue weighted by atomic mass is 16.4. The number of hydrogen-bond donors (Lipinski definition) is 1. The summed E-state index contributed by atoms with van der Waals surface area (Å²) in [5.41, 5.74) is 5.37. The van der Waals surface area contributed by atoms with E-state index in [-0.39, 0.29) is 5.91 Å². The number of aliphatic carboxylic acids is 1. The Morgan fingerprint density at radius 3 is 1.83 bits per heavy atom. The van der Waals surface area contributed by atoms with Crippen LogP contribution >= 0.6 is 0 Å². The SMILES string of the molecule is Cc1cc(C)c(C(=O)N2CCN(c3ccccc3C#N)CC2)cc1CC1(C(=O)O)CCN(c2ccccc2C#N)CC1. The molecule has 2 heterocycles. The normalized spacial score (nSPS) is 16.4. The Balaban J connectivity index is 1.31. The van der Waals surface area contributed by atoms with Gasteiger partial charge in [-0.3, -0.25) is 9.59 Å². The number of carbonyl (C=O) groups is 2. The molecule has 1 N–H and O–H groups in total. The van der Waals surface area contributed by atoms with Gasteiger partial charge in [-0.05, 0) is 80.1 Å². The second-order valence-corrected chi connectivity index (χ2v) is 11.4. The van der Waals surface area contributed by atoms with E-state index < -0.39 is 11.4 Å². The van der Waals surface area contributed by atoms with E-state index in [2.05, 4.69) is 21.9 Å². The number of benzene rings is 3. The summed E-state index contributed by atoms with van der Waals surface area (Å²) in [5, 5.41) is 29.4. The zero-order valence-corrected chi connectivity index (χ0v) is 24.1. The van der Waals surface area contributed by atoms with Crippen molar-refractivity contribution in [2.75, 3.05) is 49.1 Å². The van der Waals surface area contributed by atoms with Crippen LogP contribution in [0.5, 0.6) is 0 Å². The minimum atomic E-state index is -0.946. The van der Waals surface area contributed by atoms with Gasteiger partial charge in [-0.2, -0.15) is 10.5 Å². The van der Waals surface area contributed by atoms with Gasteiger partial charge >= 0.3 is 5.97 Å². The number of piperidine rings is 1. The largest absolute Gasteiger partial charge is 0.481 e. The molecule has 0 aromatic heterocycles. The highest BCUT2D eigenvalue weighted by molar-refractivity contribution is 5.96. The van der Waals surface area contributed by atoms with Crippen molar-refractivity contribution in [2.24, 2.45) is 5.41 Å². The van der Waals surface area contributed by atoms with E-state index in [0.717, 1.165) is 28.1 Å². The number of nitriles is 2. The van der Waals surface area contributed by atoms with Crippen LogP contribution in [0.3, 0.4) is 0 Å². The Bertz CT molecular complexity index is 1590. The Morgan fingerprint density at radius 1 is 0.786 bits per heavy atom. The van der Waals surface area contributed by atoms with Gasteiger partial charge in [0.2, 0.25) is 0 Å². The average Bonchev–Trinajstić information content (AvgIpc) is 3.02. The molecule has 0 radical (unpaired) electrons. The first-order valence-electron chi connectivity index (χ1n) is 14.4. The van der Waals surface area contributed by atoms with Crippen molar-refractivity contribution < 1.29 is 14.7 Å². The monoisotopic (exact) mass is 561 g/mol. The third kappa shape index (κ3) is 5.53. The zero-order chi connectivity index (χ0) is 29.9. The van der Waals surface area contributed by atoms with Crippen molar-refractivity contribution >= 4 is 23.3 Å². The van der Waals surface area contributed by atoms with Gasteiger partial charge in [0.25, 0.3) is 5.91 Å². The van der Waals surface area contributed by atoms with E-state index in [1.165, 1.54) is 0 Å². The second kappa shape index (κ2) is 12.0. The van der Waals surface area contributed by atoms with Crippen LogP contribution in [0.15, 0.2) is 60.7 Å². The summed E-state index contributed by atoms with van der Waals surface area (Å²) in [5.74, 6) is -0.869. The fraction of sp³-hybridized carbons (Fsp3) is 0.353. The summed E-state index contributed by atoms with van der Waals surface area (Å²) in [6, 6.07) is 23.3. The Hall–Kier alpha value is -4.82. The molecule has 2 saturated heterocycles. The van der Waals surface area contributed by atoms with Crippen LogP contribution in [0.4, 0.5) is 11.4 Å². The van der Waals surface area contributed by atoms with Crippen LogP contribution in [0.1, 0.15) is 51.0 Å². The number of carbonyl (C=O) groups excluding carboxylic acids is 1. The van der Waals surface area contributed by atoms with Gasteiger partial charge in [-0.1, -0.05) is 30.3 Å². The van der Waals surface area contributed by atoms with Gasteiger partial charge in [-0.25, -0.2) is 0 Å². The number of carboxylic acids is 1. The average molecular weight is 562 g/mol. The van der Waals surface area contributed by atoms with Crippen molar-refractivity contribution in [1.29, 1.82) is 10.5 Å². The summed E-state index contributed by atoms with van der Waals surface area (Å²) < 4.78 is 0. The van der Waals surface area contributed by atoms with Crippen LogP contribution in [-0.2, 0) is 11.2 Å². The maximum atomic E-state index is 13.7. The molecule has 8 nitrogen and oxygen atoms in total. The first kappa shape index (κ1) is 28.7. The molecule has 8 heteroatoms. The first-order chi connectivity index (χ1) is 20.3. The van der Waals surface area contributed by atoms with Crippen molar-refractivity contribution in [1.82, 2.24) is 4.90 Å². The minimum absolute atomic E-state index is 0.0470. The molecule has 5 rings (SSSR count). The number of nitrogens with zero attached hydrogens (tertiary/aromatic N) is 5. The zero-order valence-electron chi connectivity index (χ0n) is 24.1. The lowest BCUT2D eigenvalue weighted by Gasteiger charge is -2.40. The number of hydrogen-bond acceptors (Lipinski definition) is 6. The van der Waals surface area contributed by atoms with Crippen LogP contribution < -0.4 is 9.80 Å². The summed E-state index contributed by atoms with van der Waals surface area (Å²) in [4.78, 5) is 32.5. The van der Waals surface area contributed by atoms with Gasteiger partial charge < -0.3 is 19.8 Å². The van der Waals surface area contributed by atoms with E-state index >= 15 is 0 Å². The van der Waals surface area contributed by atoms with E-state index in [4.69, 9.17) is 0 Å². The number of piperazine rings is 1. The van der Waals surface area contributed by atoms with Crippen molar-refractivity contribution in [3.63, 3.8) is 0 Å². The van der Waals surface area contributed by atoms with Crippen LogP contribution in [0.2, 0.25) is 0 Å². The van der Waals surface area contributed by atoms with E-state index in [9.17, 15) is 25.2 Å². The number of aryl methyl sites for hydroxylation is 2. The standard InChI is InChI=1S/C34H35N5O3/c1-24-19-25(2)29(32(40)39-17-15-38(16-18-39)31-10-6-4-8-27(31)23-36)20-28(24)21-34(33(41)42)11-13-37(14-12-34)30-9-5-3-7-26(30)22-35/h3-10,19-20H,11-18,21H2,1-2H3,(H,41,42). The maximum absolute atomic E-state index is 13.7. The number of para-hydroxylation sites is 2. The van der Waals surface area contributed by atoms with Gasteiger partial charge in [0, 0.05) is 44.8 Å². The molecule has 42 heavy (non-hydrogen) atoms. The molecule has 3 aromatic rings. The van der Waals surface area contributed by atoms with Gasteiger partial charge in [0.05, 0.1) is 27.9 Å². The molecule has 0 unspecified atom stereocenters. The maximum Gasteiger partial charge on any atom is 0.310 e. The Kier molecular flexibility index (Phi) is 8.17. The van der Waals surface area contributed by atoms with Crippen LogP contribution in [0.25, 0.3) is 0 Å². The number of carboxylic acid groups (broad SMARTS) is 1. The van der Waals surface area contributed by atoms with Crippen molar-refractivity contribution in [3.05, 3.63) is 94.0 Å². The summed E-state index contributed by atoms with van der Waals surface area (Å²) in [7, 11) is 0. The molecule has 3 aromatic carbocycles. The van der Waals surface area contributed by atoms with Crippen LogP contribution in [0, 0.1) is 41.9 Å². The lowest BCUT2D eigenvalue weighted by Crippen LogP contribution is -2.49. The molecule has 0 aliphatic carbocycles. The minimum Gasteiger partial charge on any atom is -0.481 e. The second-order valence-electron chi connectivity index (χ2n) is 11.4. The van der Waals surface area contributed by atoms with Gasteiger partial charge in [-0.15, -0.1) is 0 Å². The van der Waals surface area contributed by atoms with Crippen molar-refractivity contribution in [3.8, 4) is 12.1 Å². The number of anilines is 2. The van der Waals surface area contributed by atoms with E-state index in [0.29, 0.717) is 75.2 Å². The fourth-order valence-corrected chi connectivity index (χ4v) is 6.33. The molecule has 0 bridgehead atoms. The summed E-state index contributed by atoms with van der Waals surface area (Å²) in [6.45, 7) is 7.35. The molecule has 0 saturated carbocycles. The number of rotatable bonds is 6. The van der Waals surface area contributed by atoms with Gasteiger partial charge in [0.15, 0.2) is 0 Å². The smallest absolute Gasteiger partial charge is 0.310 e. The Labute approximate surface area is 247 Å². The molecular formula is C34H35N5O3. The predicted octanol–water partition coefficient (Wildman–Crippen LogP) is 4.92. The summed E-state index contributed by atoms with van der Waals surface area (Å²) in [6.07, 6.45) is 1.25. The first-order valence-corrected chi connectivity index (χ1v) is 14.4. The molecule has 0 spiro atoms. The van der Waals surface area contributed by atoms with Crippen LogP contribution in [-0.4, -0.2) is 61.2 Å². The van der Waals surface area contributed by atoms with Crippen molar-refractivity contribution in [2.45, 2.75) is 33.1 Å². The molecule has 214 valence electrons. The predicted molar refractivity (Wildman–Crippen MR) is 162 cm³/mol.